The van der Waals surface area contributed by atoms with Crippen LogP contribution < -0.4 is 14.8 Å². The van der Waals surface area contributed by atoms with Crippen LogP contribution in [0.5, 0.6) is 11.5 Å². The number of hydrogen-bond acceptors (Lipinski definition) is 5. The summed E-state index contributed by atoms with van der Waals surface area (Å²) in [4.78, 5) is 24.7. The number of halogens is 1. The van der Waals surface area contributed by atoms with E-state index in [0.29, 0.717) is 29.2 Å². The smallest absolute Gasteiger partial charge is 0.333 e. The zero-order valence-electron chi connectivity index (χ0n) is 21.4. The molecule has 0 aliphatic heterocycles. The van der Waals surface area contributed by atoms with Crippen molar-refractivity contribution in [3.63, 3.8) is 0 Å². The number of carbonyl (C=O) groups excluding carboxylic acids is 1. The second-order valence-corrected chi connectivity index (χ2v) is 8.70. The summed E-state index contributed by atoms with van der Waals surface area (Å²) >= 11 is 0. The number of ether oxygens (including phenoxy) is 3. The lowest BCUT2D eigenvalue weighted by Gasteiger charge is -2.18. The van der Waals surface area contributed by atoms with Crippen LogP contribution in [0.15, 0.2) is 60.7 Å². The fraction of sp³-hybridized carbons (Fsp3) is 0.310. The Morgan fingerprint density at radius 2 is 1.68 bits per heavy atom. The van der Waals surface area contributed by atoms with E-state index in [4.69, 9.17) is 14.2 Å². The molecule has 0 bridgehead atoms. The predicted octanol–water partition coefficient (Wildman–Crippen LogP) is 5.25. The molecular weight excluding hydrogens is 477 g/mol. The number of nitrogens with one attached hydrogen (secondary N) is 1. The van der Waals surface area contributed by atoms with Crippen LogP contribution in [0.1, 0.15) is 42.3 Å². The first-order chi connectivity index (χ1) is 17.7. The van der Waals surface area contributed by atoms with Crippen molar-refractivity contribution in [2.45, 2.75) is 45.9 Å². The van der Waals surface area contributed by atoms with Gasteiger partial charge in [-0.05, 0) is 67.8 Å². The van der Waals surface area contributed by atoms with E-state index in [1.165, 1.54) is 19.2 Å². The maximum atomic E-state index is 13.3. The van der Waals surface area contributed by atoms with Gasteiger partial charge in [0.15, 0.2) is 6.10 Å². The molecule has 7 nitrogen and oxygen atoms in total. The van der Waals surface area contributed by atoms with Crippen LogP contribution in [-0.4, -0.2) is 42.9 Å². The molecule has 0 aromatic heterocycles. The van der Waals surface area contributed by atoms with Gasteiger partial charge < -0.3 is 24.6 Å². The highest BCUT2D eigenvalue weighted by atomic mass is 19.1. The molecule has 1 unspecified atom stereocenters. The van der Waals surface area contributed by atoms with Gasteiger partial charge in [-0.2, -0.15) is 0 Å². The Balaban J connectivity index is 1.79. The van der Waals surface area contributed by atoms with Crippen molar-refractivity contribution >= 4 is 11.9 Å². The Morgan fingerprint density at radius 3 is 2.30 bits per heavy atom. The zero-order chi connectivity index (χ0) is 26.9. The van der Waals surface area contributed by atoms with E-state index in [1.54, 1.807) is 62.4 Å². The van der Waals surface area contributed by atoms with E-state index in [2.05, 4.69) is 5.32 Å². The Kier molecular flexibility index (Phi) is 9.63. The van der Waals surface area contributed by atoms with Crippen LogP contribution in [0.4, 0.5) is 4.39 Å². The lowest BCUT2D eigenvalue weighted by molar-refractivity contribution is -0.153. The number of carboxylic acids is 1. The Labute approximate surface area is 216 Å². The number of carboxylic acid groups (broad SMARTS) is 1. The van der Waals surface area contributed by atoms with Crippen molar-refractivity contribution in [2.75, 3.05) is 13.7 Å². The lowest BCUT2D eigenvalue weighted by Crippen LogP contribution is -2.29. The molecule has 3 aromatic rings. The second kappa shape index (κ2) is 12.9. The van der Waals surface area contributed by atoms with Gasteiger partial charge in [0.05, 0.1) is 25.4 Å². The molecule has 3 rings (SSSR count). The average Bonchev–Trinajstić information content (AvgIpc) is 2.87. The van der Waals surface area contributed by atoms with Gasteiger partial charge in [0.25, 0.3) is 5.91 Å². The van der Waals surface area contributed by atoms with Crippen LogP contribution >= 0.6 is 0 Å². The molecule has 1 atom stereocenters. The van der Waals surface area contributed by atoms with Crippen molar-refractivity contribution in [3.8, 4) is 22.6 Å². The van der Waals surface area contributed by atoms with Gasteiger partial charge in [0, 0.05) is 18.5 Å². The van der Waals surface area contributed by atoms with E-state index in [0.717, 1.165) is 16.7 Å². The van der Waals surface area contributed by atoms with Crippen molar-refractivity contribution in [2.24, 2.45) is 0 Å². The van der Waals surface area contributed by atoms with Crippen LogP contribution in [-0.2, 0) is 22.5 Å². The summed E-state index contributed by atoms with van der Waals surface area (Å²) in [7, 11) is 1.53. The van der Waals surface area contributed by atoms with E-state index < -0.39 is 12.1 Å². The number of hydrogen-bond donors (Lipinski definition) is 2. The monoisotopic (exact) mass is 509 g/mol. The molecular formula is C29H32FNO6. The summed E-state index contributed by atoms with van der Waals surface area (Å²) in [5.41, 5.74) is 3.40. The molecule has 0 spiro atoms. The molecule has 0 heterocycles. The van der Waals surface area contributed by atoms with Gasteiger partial charge >= 0.3 is 5.97 Å². The third kappa shape index (κ3) is 7.54. The van der Waals surface area contributed by atoms with Crippen LogP contribution in [0, 0.1) is 5.82 Å². The number of rotatable bonds is 12. The van der Waals surface area contributed by atoms with E-state index in [-0.39, 0.29) is 30.8 Å². The molecule has 1 amide bonds. The summed E-state index contributed by atoms with van der Waals surface area (Å²) in [6.45, 7) is 5.92. The average molecular weight is 510 g/mol. The van der Waals surface area contributed by atoms with Gasteiger partial charge in [0.2, 0.25) is 0 Å². The SMILES string of the molecule is CCOc1cc(-c2ccc(F)cc2)ccc1C(=O)NCc1cc(CC(OC(C)C)C(=O)O)ccc1OC. The molecule has 0 saturated heterocycles. The van der Waals surface area contributed by atoms with Crippen molar-refractivity contribution < 1.29 is 33.3 Å². The van der Waals surface area contributed by atoms with Crippen LogP contribution in [0.25, 0.3) is 11.1 Å². The molecule has 37 heavy (non-hydrogen) atoms. The number of methoxy groups -OCH3 is 1. The first-order valence-electron chi connectivity index (χ1n) is 12.1. The van der Waals surface area contributed by atoms with E-state index >= 15 is 0 Å². The van der Waals surface area contributed by atoms with Crippen molar-refractivity contribution in [3.05, 3.63) is 83.2 Å². The standard InChI is InChI=1S/C29H32FNO6/c1-5-36-26-16-21(20-7-10-23(30)11-8-20)9-12-24(26)28(32)31-17-22-14-19(6-13-25(22)35-4)15-27(29(33)34)37-18(2)3/h6-14,16,18,27H,5,15,17H2,1-4H3,(H,31,32)(H,33,34). The first-order valence-corrected chi connectivity index (χ1v) is 12.1. The largest absolute Gasteiger partial charge is 0.496 e. The summed E-state index contributed by atoms with van der Waals surface area (Å²) < 4.78 is 30.0. The van der Waals surface area contributed by atoms with Crippen LogP contribution in [0.2, 0.25) is 0 Å². The minimum absolute atomic E-state index is 0.157. The van der Waals surface area contributed by atoms with Crippen LogP contribution in [0.3, 0.4) is 0 Å². The van der Waals surface area contributed by atoms with Gasteiger partial charge in [-0.25, -0.2) is 9.18 Å². The van der Waals surface area contributed by atoms with Gasteiger partial charge in [-0.1, -0.05) is 30.3 Å². The molecule has 2 N–H and O–H groups in total. The Bertz CT molecular complexity index is 1230. The zero-order valence-corrected chi connectivity index (χ0v) is 21.4. The molecule has 0 aliphatic rings. The summed E-state index contributed by atoms with van der Waals surface area (Å²) in [6.07, 6.45) is -1.03. The number of carbonyl (C=O) groups is 2. The first kappa shape index (κ1) is 27.7. The quantitative estimate of drug-likeness (QED) is 0.346. The normalized spacial score (nSPS) is 11.7. The minimum atomic E-state index is -1.04. The fourth-order valence-corrected chi connectivity index (χ4v) is 3.91. The molecule has 0 fully saturated rings. The Morgan fingerprint density at radius 1 is 0.973 bits per heavy atom. The predicted molar refractivity (Wildman–Crippen MR) is 139 cm³/mol. The van der Waals surface area contributed by atoms with Crippen molar-refractivity contribution in [1.82, 2.24) is 5.32 Å². The molecule has 8 heteroatoms. The topological polar surface area (TPSA) is 94.1 Å². The van der Waals surface area contributed by atoms with Crippen molar-refractivity contribution in [1.29, 1.82) is 0 Å². The minimum Gasteiger partial charge on any atom is -0.496 e. The highest BCUT2D eigenvalue weighted by Crippen LogP contribution is 2.28. The maximum absolute atomic E-state index is 13.3. The summed E-state index contributed by atoms with van der Waals surface area (Å²) in [5.74, 6) is -0.717. The number of aliphatic carboxylic acids is 1. The summed E-state index contributed by atoms with van der Waals surface area (Å²) in [6, 6.07) is 16.6. The molecule has 0 saturated carbocycles. The highest BCUT2D eigenvalue weighted by Gasteiger charge is 2.21. The van der Waals surface area contributed by atoms with Gasteiger partial charge in [-0.3, -0.25) is 4.79 Å². The second-order valence-electron chi connectivity index (χ2n) is 8.70. The fourth-order valence-electron chi connectivity index (χ4n) is 3.91. The highest BCUT2D eigenvalue weighted by molar-refractivity contribution is 5.97. The Hall–Kier alpha value is -3.91. The van der Waals surface area contributed by atoms with Gasteiger partial charge in [-0.15, -0.1) is 0 Å². The maximum Gasteiger partial charge on any atom is 0.333 e. The molecule has 3 aromatic carbocycles. The summed E-state index contributed by atoms with van der Waals surface area (Å²) in [5, 5.41) is 12.4. The molecule has 0 radical (unpaired) electrons. The van der Waals surface area contributed by atoms with E-state index in [1.807, 2.05) is 6.92 Å². The number of benzene rings is 3. The van der Waals surface area contributed by atoms with E-state index in [9.17, 15) is 19.1 Å². The lowest BCUT2D eigenvalue weighted by atomic mass is 10.0. The number of amides is 1. The van der Waals surface area contributed by atoms with Gasteiger partial charge in [0.1, 0.15) is 17.3 Å². The third-order valence-corrected chi connectivity index (χ3v) is 5.62. The molecule has 0 aliphatic carbocycles. The molecule has 196 valence electrons. The third-order valence-electron chi connectivity index (χ3n) is 5.62.